The third kappa shape index (κ3) is 4.46. The SMILES string of the molecule is COc1ccc2[nH]c(C)c(C(=O)NC3CCN(CCc4ccccc4)CC3)c2c1. The van der Waals surface area contributed by atoms with Gasteiger partial charge in [0.1, 0.15) is 5.75 Å². The third-order valence-corrected chi connectivity index (χ3v) is 5.90. The number of aryl methyl sites for hydroxylation is 1. The lowest BCUT2D eigenvalue weighted by atomic mass is 10.0. The van der Waals surface area contributed by atoms with Crippen molar-refractivity contribution in [3.05, 3.63) is 65.4 Å². The van der Waals surface area contributed by atoms with Crippen molar-refractivity contribution in [2.75, 3.05) is 26.7 Å². The van der Waals surface area contributed by atoms with Crippen LogP contribution in [-0.2, 0) is 6.42 Å². The lowest BCUT2D eigenvalue weighted by Crippen LogP contribution is -2.45. The molecule has 0 bridgehead atoms. The standard InChI is InChI=1S/C24H29N3O2/c1-17-23(21-16-20(29-2)8-9-22(21)25-17)24(28)26-19-11-14-27(15-12-19)13-10-18-6-4-3-5-7-18/h3-9,16,19,25H,10-15H2,1-2H3,(H,26,28). The van der Waals surface area contributed by atoms with Gasteiger partial charge in [0.05, 0.1) is 12.7 Å². The first-order chi connectivity index (χ1) is 14.1. The lowest BCUT2D eigenvalue weighted by molar-refractivity contribution is 0.0912. The van der Waals surface area contributed by atoms with Crippen LogP contribution in [0.1, 0.15) is 34.5 Å². The first kappa shape index (κ1) is 19.5. The first-order valence-electron chi connectivity index (χ1n) is 10.4. The zero-order valence-electron chi connectivity index (χ0n) is 17.2. The van der Waals surface area contributed by atoms with E-state index in [-0.39, 0.29) is 11.9 Å². The van der Waals surface area contributed by atoms with Crippen molar-refractivity contribution in [2.45, 2.75) is 32.2 Å². The average Bonchev–Trinajstić information content (AvgIpc) is 3.08. The van der Waals surface area contributed by atoms with E-state index in [0.29, 0.717) is 0 Å². The summed E-state index contributed by atoms with van der Waals surface area (Å²) in [5.41, 5.74) is 3.97. The van der Waals surface area contributed by atoms with Crippen molar-refractivity contribution < 1.29 is 9.53 Å². The number of methoxy groups -OCH3 is 1. The minimum absolute atomic E-state index is 0.00439. The third-order valence-electron chi connectivity index (χ3n) is 5.90. The van der Waals surface area contributed by atoms with Gasteiger partial charge in [-0.3, -0.25) is 4.79 Å². The molecular weight excluding hydrogens is 362 g/mol. The second kappa shape index (κ2) is 8.70. The number of hydrogen-bond donors (Lipinski definition) is 2. The summed E-state index contributed by atoms with van der Waals surface area (Å²) in [4.78, 5) is 18.8. The Bertz CT molecular complexity index is 972. The lowest BCUT2D eigenvalue weighted by Gasteiger charge is -2.32. The van der Waals surface area contributed by atoms with Gasteiger partial charge in [-0.25, -0.2) is 0 Å². The molecule has 152 valence electrons. The number of ether oxygens (including phenoxy) is 1. The van der Waals surface area contributed by atoms with Crippen molar-refractivity contribution in [2.24, 2.45) is 0 Å². The number of rotatable bonds is 6. The number of nitrogens with one attached hydrogen (secondary N) is 2. The van der Waals surface area contributed by atoms with Gasteiger partial charge in [0.15, 0.2) is 0 Å². The molecule has 2 heterocycles. The molecule has 0 spiro atoms. The molecule has 5 heteroatoms. The molecule has 5 nitrogen and oxygen atoms in total. The normalized spacial score (nSPS) is 15.5. The van der Waals surface area contributed by atoms with E-state index in [9.17, 15) is 4.79 Å². The van der Waals surface area contributed by atoms with Gasteiger partial charge in [-0.2, -0.15) is 0 Å². The molecule has 0 radical (unpaired) electrons. The number of carbonyl (C=O) groups is 1. The summed E-state index contributed by atoms with van der Waals surface area (Å²) in [5, 5.41) is 4.18. The van der Waals surface area contributed by atoms with Gasteiger partial charge in [0.25, 0.3) is 5.91 Å². The number of aromatic amines is 1. The number of nitrogens with zero attached hydrogens (tertiary/aromatic N) is 1. The fourth-order valence-electron chi connectivity index (χ4n) is 4.22. The van der Waals surface area contributed by atoms with Crippen molar-refractivity contribution >= 4 is 16.8 Å². The van der Waals surface area contributed by atoms with Gasteiger partial charge in [0, 0.05) is 42.3 Å². The number of likely N-dealkylation sites (tertiary alicyclic amines) is 1. The molecule has 4 rings (SSSR count). The predicted molar refractivity (Wildman–Crippen MR) is 117 cm³/mol. The highest BCUT2D eigenvalue weighted by Crippen LogP contribution is 2.26. The number of H-pyrrole nitrogens is 1. The van der Waals surface area contributed by atoms with E-state index < -0.39 is 0 Å². The number of hydrogen-bond acceptors (Lipinski definition) is 3. The Morgan fingerprint density at radius 1 is 1.17 bits per heavy atom. The van der Waals surface area contributed by atoms with E-state index in [1.165, 1.54) is 5.56 Å². The predicted octanol–water partition coefficient (Wildman–Crippen LogP) is 3.92. The molecule has 3 aromatic rings. The van der Waals surface area contributed by atoms with Crippen LogP contribution in [-0.4, -0.2) is 48.6 Å². The van der Waals surface area contributed by atoms with Gasteiger partial charge in [0.2, 0.25) is 0 Å². The van der Waals surface area contributed by atoms with E-state index in [2.05, 4.69) is 45.5 Å². The molecule has 1 aliphatic rings. The van der Waals surface area contributed by atoms with Crippen LogP contribution in [0.3, 0.4) is 0 Å². The summed E-state index contributed by atoms with van der Waals surface area (Å²) in [7, 11) is 1.64. The number of aromatic nitrogens is 1. The van der Waals surface area contributed by atoms with Crippen molar-refractivity contribution in [3.63, 3.8) is 0 Å². The average molecular weight is 392 g/mol. The molecule has 1 fully saturated rings. The highest BCUT2D eigenvalue weighted by Gasteiger charge is 2.23. The molecule has 0 aliphatic carbocycles. The minimum atomic E-state index is 0.00439. The highest BCUT2D eigenvalue weighted by atomic mass is 16.5. The molecule has 0 saturated carbocycles. The molecule has 1 aliphatic heterocycles. The van der Waals surface area contributed by atoms with Gasteiger partial charge >= 0.3 is 0 Å². The molecule has 2 N–H and O–H groups in total. The molecule has 0 unspecified atom stereocenters. The summed E-state index contributed by atoms with van der Waals surface area (Å²) in [6.07, 6.45) is 3.06. The summed E-state index contributed by atoms with van der Waals surface area (Å²) in [5.74, 6) is 0.766. The van der Waals surface area contributed by atoms with E-state index in [0.717, 1.165) is 66.8 Å². The second-order valence-electron chi connectivity index (χ2n) is 7.86. The van der Waals surface area contributed by atoms with Gasteiger partial charge in [-0.1, -0.05) is 30.3 Å². The maximum Gasteiger partial charge on any atom is 0.253 e. The maximum absolute atomic E-state index is 13.0. The topological polar surface area (TPSA) is 57.4 Å². The molecular formula is C24H29N3O2. The maximum atomic E-state index is 13.0. The summed E-state index contributed by atoms with van der Waals surface area (Å²) in [6, 6.07) is 16.7. The zero-order chi connectivity index (χ0) is 20.2. The van der Waals surface area contributed by atoms with Crippen LogP contribution in [0, 0.1) is 6.92 Å². The Labute approximate surface area is 172 Å². The zero-order valence-corrected chi connectivity index (χ0v) is 17.2. The number of carbonyl (C=O) groups excluding carboxylic acids is 1. The fourth-order valence-corrected chi connectivity index (χ4v) is 4.22. The minimum Gasteiger partial charge on any atom is -0.497 e. The molecule has 2 aromatic carbocycles. The number of piperidine rings is 1. The van der Waals surface area contributed by atoms with E-state index >= 15 is 0 Å². The second-order valence-corrected chi connectivity index (χ2v) is 7.86. The van der Waals surface area contributed by atoms with Crippen molar-refractivity contribution in [3.8, 4) is 5.75 Å². The molecule has 0 atom stereocenters. The van der Waals surface area contributed by atoms with Crippen LogP contribution < -0.4 is 10.1 Å². The molecule has 1 amide bonds. The van der Waals surface area contributed by atoms with E-state index in [1.807, 2.05) is 25.1 Å². The molecule has 1 saturated heterocycles. The summed E-state index contributed by atoms with van der Waals surface area (Å²) in [6.45, 7) is 5.08. The van der Waals surface area contributed by atoms with E-state index in [4.69, 9.17) is 4.74 Å². The Morgan fingerprint density at radius 2 is 1.93 bits per heavy atom. The quantitative estimate of drug-likeness (QED) is 0.670. The van der Waals surface area contributed by atoms with Crippen LogP contribution >= 0.6 is 0 Å². The number of benzene rings is 2. The smallest absolute Gasteiger partial charge is 0.253 e. The highest BCUT2D eigenvalue weighted by molar-refractivity contribution is 6.08. The number of amides is 1. The Balaban J connectivity index is 1.34. The number of fused-ring (bicyclic) bond motifs is 1. The van der Waals surface area contributed by atoms with Gasteiger partial charge in [-0.15, -0.1) is 0 Å². The molecule has 1 aromatic heterocycles. The van der Waals surface area contributed by atoms with Gasteiger partial charge < -0.3 is 19.9 Å². The monoisotopic (exact) mass is 391 g/mol. The Morgan fingerprint density at radius 3 is 2.66 bits per heavy atom. The van der Waals surface area contributed by atoms with Crippen LogP contribution in [0.5, 0.6) is 5.75 Å². The summed E-state index contributed by atoms with van der Waals surface area (Å²) < 4.78 is 5.33. The van der Waals surface area contributed by atoms with Crippen molar-refractivity contribution in [1.29, 1.82) is 0 Å². The van der Waals surface area contributed by atoms with Crippen LogP contribution in [0.2, 0.25) is 0 Å². The fraction of sp³-hybridized carbons (Fsp3) is 0.375. The van der Waals surface area contributed by atoms with E-state index in [1.54, 1.807) is 7.11 Å². The van der Waals surface area contributed by atoms with Gasteiger partial charge in [-0.05, 0) is 49.9 Å². The van der Waals surface area contributed by atoms with Crippen LogP contribution in [0.15, 0.2) is 48.5 Å². The van der Waals surface area contributed by atoms with Crippen LogP contribution in [0.4, 0.5) is 0 Å². The Hall–Kier alpha value is -2.79. The first-order valence-corrected chi connectivity index (χ1v) is 10.4. The largest absolute Gasteiger partial charge is 0.497 e. The van der Waals surface area contributed by atoms with Crippen molar-refractivity contribution in [1.82, 2.24) is 15.2 Å². The molecule has 29 heavy (non-hydrogen) atoms. The van der Waals surface area contributed by atoms with Crippen LogP contribution in [0.25, 0.3) is 10.9 Å². The summed E-state index contributed by atoms with van der Waals surface area (Å²) >= 11 is 0. The Kier molecular flexibility index (Phi) is 5.86.